The number of fused-ring (bicyclic) bond motifs is 1. The van der Waals surface area contributed by atoms with E-state index >= 15 is 0 Å². The Labute approximate surface area is 200 Å². The summed E-state index contributed by atoms with van der Waals surface area (Å²) in [4.78, 5) is 20.7. The topological polar surface area (TPSA) is 80.0 Å². The Hall–Kier alpha value is -3.67. The molecule has 6 heteroatoms. The van der Waals surface area contributed by atoms with E-state index in [0.29, 0.717) is 23.8 Å². The standard InChI is InChI=1S/C28H32N4O2/c1-5-9-20(10-6-2)17-32-24(22-14-7-11-18(3)15-22)16-23-25(32)26(31-27(30-23)28(33)34)29-19(4)21-12-8-13-21/h5-7,9-11,14-16,19,21H,1,8,12-13,17H2,2-4H3,(H,33,34)(H,29,30,31)/b10-6-,20-9+. The van der Waals surface area contributed by atoms with Gasteiger partial charge in [-0.2, -0.15) is 0 Å². The van der Waals surface area contributed by atoms with Crippen molar-refractivity contribution < 1.29 is 9.90 Å². The minimum absolute atomic E-state index is 0.193. The van der Waals surface area contributed by atoms with E-state index in [9.17, 15) is 9.90 Å². The Bertz CT molecular complexity index is 1280. The maximum Gasteiger partial charge on any atom is 0.374 e. The Balaban J connectivity index is 1.96. The Kier molecular flexibility index (Phi) is 6.96. The summed E-state index contributed by atoms with van der Waals surface area (Å²) in [7, 11) is 0. The van der Waals surface area contributed by atoms with E-state index in [4.69, 9.17) is 0 Å². The van der Waals surface area contributed by atoms with Crippen LogP contribution in [0.1, 0.15) is 49.3 Å². The number of aromatic carboxylic acids is 1. The third-order valence-electron chi connectivity index (χ3n) is 6.52. The Morgan fingerprint density at radius 2 is 2.12 bits per heavy atom. The molecule has 3 aromatic rings. The third-order valence-corrected chi connectivity index (χ3v) is 6.52. The highest BCUT2D eigenvalue weighted by atomic mass is 16.4. The van der Waals surface area contributed by atoms with Gasteiger partial charge in [0.25, 0.3) is 0 Å². The highest BCUT2D eigenvalue weighted by Crippen LogP contribution is 2.35. The molecule has 1 aliphatic rings. The number of hydrogen-bond donors (Lipinski definition) is 2. The van der Waals surface area contributed by atoms with Crippen LogP contribution in [0.15, 0.2) is 66.8 Å². The van der Waals surface area contributed by atoms with E-state index in [1.165, 1.54) is 19.3 Å². The Morgan fingerprint density at radius 3 is 2.74 bits per heavy atom. The molecule has 1 aliphatic carbocycles. The smallest absolute Gasteiger partial charge is 0.374 e. The zero-order chi connectivity index (χ0) is 24.2. The number of allylic oxidation sites excluding steroid dienone is 5. The fourth-order valence-corrected chi connectivity index (χ4v) is 4.55. The molecule has 1 unspecified atom stereocenters. The quantitative estimate of drug-likeness (QED) is 0.365. The van der Waals surface area contributed by atoms with E-state index in [2.05, 4.69) is 64.6 Å². The lowest BCUT2D eigenvalue weighted by Gasteiger charge is -2.32. The molecule has 0 spiro atoms. The van der Waals surface area contributed by atoms with Crippen molar-refractivity contribution in [1.82, 2.24) is 14.5 Å². The summed E-state index contributed by atoms with van der Waals surface area (Å²) in [5.74, 6) is -0.192. The monoisotopic (exact) mass is 456 g/mol. The number of nitrogens with one attached hydrogen (secondary N) is 1. The number of anilines is 1. The van der Waals surface area contributed by atoms with Crippen LogP contribution < -0.4 is 5.32 Å². The first kappa shape index (κ1) is 23.5. The van der Waals surface area contributed by atoms with Crippen molar-refractivity contribution in [2.24, 2.45) is 5.92 Å². The van der Waals surface area contributed by atoms with E-state index in [-0.39, 0.29) is 11.9 Å². The number of aryl methyl sites for hydroxylation is 1. The van der Waals surface area contributed by atoms with E-state index < -0.39 is 5.97 Å². The first-order valence-corrected chi connectivity index (χ1v) is 11.8. The van der Waals surface area contributed by atoms with Gasteiger partial charge in [-0.25, -0.2) is 14.8 Å². The average Bonchev–Trinajstić information content (AvgIpc) is 3.11. The highest BCUT2D eigenvalue weighted by molar-refractivity contribution is 5.95. The summed E-state index contributed by atoms with van der Waals surface area (Å²) >= 11 is 0. The van der Waals surface area contributed by atoms with Crippen LogP contribution in [-0.2, 0) is 6.54 Å². The number of aromatic nitrogens is 3. The maximum absolute atomic E-state index is 11.8. The van der Waals surface area contributed by atoms with Gasteiger partial charge in [0.05, 0.1) is 11.2 Å². The number of rotatable bonds is 9. The van der Waals surface area contributed by atoms with Gasteiger partial charge in [-0.3, -0.25) is 0 Å². The van der Waals surface area contributed by atoms with Crippen molar-refractivity contribution in [3.05, 3.63) is 78.2 Å². The molecule has 0 saturated heterocycles. The van der Waals surface area contributed by atoms with Gasteiger partial charge < -0.3 is 15.0 Å². The molecule has 1 fully saturated rings. The molecule has 0 aliphatic heterocycles. The van der Waals surface area contributed by atoms with Gasteiger partial charge in [0.2, 0.25) is 5.82 Å². The Morgan fingerprint density at radius 1 is 1.32 bits per heavy atom. The molecule has 0 radical (unpaired) electrons. The van der Waals surface area contributed by atoms with Gasteiger partial charge in [-0.05, 0) is 62.8 Å². The number of carbonyl (C=O) groups is 1. The number of carboxylic acids is 1. The minimum atomic E-state index is -1.13. The van der Waals surface area contributed by atoms with Crippen molar-refractivity contribution >= 4 is 22.8 Å². The van der Waals surface area contributed by atoms with E-state index in [1.54, 1.807) is 6.08 Å². The summed E-state index contributed by atoms with van der Waals surface area (Å²) in [5.41, 5.74) is 5.67. The molecular weight excluding hydrogens is 424 g/mol. The van der Waals surface area contributed by atoms with Crippen molar-refractivity contribution in [3.63, 3.8) is 0 Å². The van der Waals surface area contributed by atoms with Crippen LogP contribution in [-0.4, -0.2) is 31.7 Å². The fraction of sp³-hybridized carbons (Fsp3) is 0.321. The largest absolute Gasteiger partial charge is 0.475 e. The first-order valence-electron chi connectivity index (χ1n) is 11.8. The normalized spacial score (nSPS) is 15.4. The van der Waals surface area contributed by atoms with E-state index in [1.807, 2.05) is 31.2 Å². The van der Waals surface area contributed by atoms with Crippen molar-refractivity contribution in [1.29, 1.82) is 0 Å². The third kappa shape index (κ3) is 4.81. The zero-order valence-electron chi connectivity index (χ0n) is 20.1. The van der Waals surface area contributed by atoms with Gasteiger partial charge in [-0.1, -0.05) is 61.1 Å². The number of benzene rings is 1. The van der Waals surface area contributed by atoms with Gasteiger partial charge in [0, 0.05) is 12.6 Å². The predicted octanol–water partition coefficient (Wildman–Crippen LogP) is 6.39. The molecule has 176 valence electrons. The molecule has 6 nitrogen and oxygen atoms in total. The summed E-state index contributed by atoms with van der Waals surface area (Å²) in [5, 5.41) is 13.2. The molecule has 2 N–H and O–H groups in total. The van der Waals surface area contributed by atoms with Gasteiger partial charge in [-0.15, -0.1) is 0 Å². The van der Waals surface area contributed by atoms with Crippen LogP contribution in [0.5, 0.6) is 0 Å². The van der Waals surface area contributed by atoms with Crippen molar-refractivity contribution in [2.45, 2.75) is 52.6 Å². The molecule has 2 aromatic heterocycles. The number of hydrogen-bond acceptors (Lipinski definition) is 4. The second kappa shape index (κ2) is 10.1. The lowest BCUT2D eigenvalue weighted by atomic mass is 9.80. The first-order chi connectivity index (χ1) is 16.4. The minimum Gasteiger partial charge on any atom is -0.475 e. The van der Waals surface area contributed by atoms with Crippen molar-refractivity contribution in [2.75, 3.05) is 5.32 Å². The van der Waals surface area contributed by atoms with Crippen molar-refractivity contribution in [3.8, 4) is 11.3 Å². The van der Waals surface area contributed by atoms with Gasteiger partial charge >= 0.3 is 5.97 Å². The number of carboxylic acid groups (broad SMARTS) is 1. The molecule has 1 atom stereocenters. The van der Waals surface area contributed by atoms with E-state index in [0.717, 1.165) is 27.9 Å². The second-order valence-electron chi connectivity index (χ2n) is 9.02. The predicted molar refractivity (Wildman–Crippen MR) is 138 cm³/mol. The summed E-state index contributed by atoms with van der Waals surface area (Å²) in [6.45, 7) is 10.6. The molecular formula is C28H32N4O2. The highest BCUT2D eigenvalue weighted by Gasteiger charge is 2.27. The second-order valence-corrected chi connectivity index (χ2v) is 9.02. The van der Waals surface area contributed by atoms with Crippen LogP contribution >= 0.6 is 0 Å². The molecule has 0 amide bonds. The molecule has 1 aromatic carbocycles. The maximum atomic E-state index is 11.8. The molecule has 4 rings (SSSR count). The average molecular weight is 457 g/mol. The zero-order valence-corrected chi connectivity index (χ0v) is 20.1. The van der Waals surface area contributed by atoms with Gasteiger partial charge in [0.1, 0.15) is 5.52 Å². The lowest BCUT2D eigenvalue weighted by Crippen LogP contribution is -2.31. The van der Waals surface area contributed by atoms with Gasteiger partial charge in [0.15, 0.2) is 5.82 Å². The van der Waals surface area contributed by atoms with Crippen LogP contribution in [0.25, 0.3) is 22.3 Å². The molecule has 1 saturated carbocycles. The van der Waals surface area contributed by atoms with Crippen LogP contribution in [0, 0.1) is 12.8 Å². The van der Waals surface area contributed by atoms with Crippen LogP contribution in [0.3, 0.4) is 0 Å². The SMILES string of the molecule is C=C/C=C(\C=C/C)Cn1c(-c2cccc(C)c2)cc2nc(C(=O)O)nc(NC(C)C3CCC3)c21. The molecule has 0 bridgehead atoms. The van der Waals surface area contributed by atoms with Crippen LogP contribution in [0.4, 0.5) is 5.82 Å². The molecule has 34 heavy (non-hydrogen) atoms. The number of nitrogens with zero attached hydrogens (tertiary/aromatic N) is 3. The fourth-order valence-electron chi connectivity index (χ4n) is 4.55. The molecule has 2 heterocycles. The van der Waals surface area contributed by atoms with Crippen LogP contribution in [0.2, 0.25) is 0 Å². The summed E-state index contributed by atoms with van der Waals surface area (Å²) in [6, 6.07) is 10.5. The summed E-state index contributed by atoms with van der Waals surface area (Å²) in [6.07, 6.45) is 11.4. The summed E-state index contributed by atoms with van der Waals surface area (Å²) < 4.78 is 2.18. The lowest BCUT2D eigenvalue weighted by molar-refractivity contribution is 0.0684.